The lowest BCUT2D eigenvalue weighted by Crippen LogP contribution is -2.53. The molecule has 0 bridgehead atoms. The molecule has 36 heavy (non-hydrogen) atoms. The van der Waals surface area contributed by atoms with Crippen molar-refractivity contribution in [1.82, 2.24) is 10.1 Å². The molecule has 1 fully saturated rings. The zero-order valence-corrected chi connectivity index (χ0v) is 21.3. The van der Waals surface area contributed by atoms with Crippen LogP contribution in [-0.2, 0) is 0 Å². The molecule has 0 aliphatic carbocycles. The summed E-state index contributed by atoms with van der Waals surface area (Å²) in [6, 6.07) is 20.8. The van der Waals surface area contributed by atoms with Crippen molar-refractivity contribution in [2.24, 2.45) is 0 Å². The number of phenols is 1. The molecule has 4 aromatic rings. The molecule has 6 nitrogen and oxygen atoms in total. The Morgan fingerprint density at radius 2 is 1.86 bits per heavy atom. The number of ketones is 1. The molecule has 5 rings (SSSR count). The minimum absolute atomic E-state index is 0. The third-order valence-corrected chi connectivity index (χ3v) is 6.37. The number of carbonyl (C=O) groups is 1. The van der Waals surface area contributed by atoms with Gasteiger partial charge in [-0.1, -0.05) is 54.0 Å². The van der Waals surface area contributed by atoms with Gasteiger partial charge in [0.2, 0.25) is 0 Å². The molecule has 0 radical (unpaired) electrons. The van der Waals surface area contributed by atoms with Crippen molar-refractivity contribution in [2.45, 2.75) is 19.4 Å². The van der Waals surface area contributed by atoms with Gasteiger partial charge in [-0.15, -0.1) is 12.4 Å². The first-order chi connectivity index (χ1) is 17.0. The maximum absolute atomic E-state index is 13.8. The Morgan fingerprint density at radius 3 is 2.56 bits per heavy atom. The lowest BCUT2D eigenvalue weighted by atomic mass is 9.95. The molecule has 1 aliphatic heterocycles. The Labute approximate surface area is 220 Å². The molecule has 8 heteroatoms. The van der Waals surface area contributed by atoms with E-state index in [1.165, 1.54) is 6.07 Å². The number of ether oxygens (including phenoxy) is 1. The van der Waals surface area contributed by atoms with Gasteiger partial charge < -0.3 is 14.4 Å². The minimum Gasteiger partial charge on any atom is -0.508 e. The number of nitrogens with zero attached hydrogens (tertiary/aromatic N) is 2. The van der Waals surface area contributed by atoms with E-state index in [1.807, 2.05) is 24.3 Å². The molecular weight excluding hydrogens is 499 g/mol. The first-order valence-corrected chi connectivity index (χ1v) is 12.0. The number of likely N-dealkylation sites (tertiary alicyclic amines) is 1. The first kappa shape index (κ1) is 25.8. The molecule has 1 N–H and O–H groups in total. The van der Waals surface area contributed by atoms with Gasteiger partial charge in [-0.05, 0) is 55.4 Å². The van der Waals surface area contributed by atoms with E-state index in [1.54, 1.807) is 42.5 Å². The van der Waals surface area contributed by atoms with E-state index in [2.05, 4.69) is 17.0 Å². The second-order valence-electron chi connectivity index (χ2n) is 8.62. The van der Waals surface area contributed by atoms with E-state index in [4.69, 9.17) is 20.9 Å². The van der Waals surface area contributed by atoms with Crippen molar-refractivity contribution in [3.8, 4) is 34.1 Å². The number of aromatic hydroxyl groups is 1. The highest BCUT2D eigenvalue weighted by molar-refractivity contribution is 6.33. The monoisotopic (exact) mass is 524 g/mol. The van der Waals surface area contributed by atoms with E-state index >= 15 is 0 Å². The van der Waals surface area contributed by atoms with E-state index in [-0.39, 0.29) is 41.4 Å². The smallest absolute Gasteiger partial charge is 0.199 e. The Morgan fingerprint density at radius 1 is 1.11 bits per heavy atom. The fraction of sp³-hybridized carbons (Fsp3) is 0.214. The number of rotatable bonds is 8. The average molecular weight is 525 g/mol. The second-order valence-corrected chi connectivity index (χ2v) is 9.03. The van der Waals surface area contributed by atoms with Crippen LogP contribution in [0.25, 0.3) is 22.6 Å². The number of aromatic nitrogens is 1. The number of benzene rings is 3. The van der Waals surface area contributed by atoms with Crippen molar-refractivity contribution in [3.63, 3.8) is 0 Å². The summed E-state index contributed by atoms with van der Waals surface area (Å²) in [5, 5.41) is 14.6. The van der Waals surface area contributed by atoms with E-state index in [0.717, 1.165) is 31.8 Å². The zero-order chi connectivity index (χ0) is 24.4. The van der Waals surface area contributed by atoms with Crippen molar-refractivity contribution in [1.29, 1.82) is 0 Å². The molecule has 0 spiro atoms. The van der Waals surface area contributed by atoms with Gasteiger partial charge in [0.05, 0.1) is 10.6 Å². The van der Waals surface area contributed by atoms with Crippen molar-refractivity contribution < 1.29 is 19.2 Å². The summed E-state index contributed by atoms with van der Waals surface area (Å²) in [6.07, 6.45) is 1.30. The molecular formula is C28H26Cl2N2O4. The van der Waals surface area contributed by atoms with E-state index in [9.17, 15) is 9.90 Å². The van der Waals surface area contributed by atoms with Crippen LogP contribution < -0.4 is 4.74 Å². The largest absolute Gasteiger partial charge is 0.508 e. The number of hydrogen-bond donors (Lipinski definition) is 1. The molecule has 0 atom stereocenters. The van der Waals surface area contributed by atoms with Crippen LogP contribution in [0.5, 0.6) is 11.5 Å². The van der Waals surface area contributed by atoms with Gasteiger partial charge in [-0.3, -0.25) is 9.69 Å². The van der Waals surface area contributed by atoms with Gasteiger partial charge in [0, 0.05) is 29.8 Å². The zero-order valence-electron chi connectivity index (χ0n) is 19.7. The molecule has 186 valence electrons. The van der Waals surface area contributed by atoms with Gasteiger partial charge in [0.1, 0.15) is 23.3 Å². The lowest BCUT2D eigenvalue weighted by molar-refractivity contribution is 0.0202. The van der Waals surface area contributed by atoms with Crippen LogP contribution in [0.4, 0.5) is 0 Å². The summed E-state index contributed by atoms with van der Waals surface area (Å²) >= 11 is 6.43. The van der Waals surface area contributed by atoms with Crippen molar-refractivity contribution in [2.75, 3.05) is 19.6 Å². The third kappa shape index (κ3) is 5.26. The quantitative estimate of drug-likeness (QED) is 0.265. The van der Waals surface area contributed by atoms with Crippen LogP contribution in [0.3, 0.4) is 0 Å². The highest BCUT2D eigenvalue weighted by Gasteiger charge is 2.29. The van der Waals surface area contributed by atoms with Crippen LogP contribution in [-0.4, -0.2) is 46.7 Å². The fourth-order valence-electron chi connectivity index (χ4n) is 4.30. The Bertz CT molecular complexity index is 1350. The summed E-state index contributed by atoms with van der Waals surface area (Å²) in [6.45, 7) is 5.09. The summed E-state index contributed by atoms with van der Waals surface area (Å²) in [7, 11) is 0. The van der Waals surface area contributed by atoms with Gasteiger partial charge in [0.25, 0.3) is 0 Å². The molecule has 1 aromatic heterocycles. The molecule has 0 unspecified atom stereocenters. The highest BCUT2D eigenvalue weighted by atomic mass is 35.5. The van der Waals surface area contributed by atoms with Gasteiger partial charge in [-0.25, -0.2) is 0 Å². The lowest BCUT2D eigenvalue weighted by Gasteiger charge is -2.38. The number of hydrogen-bond acceptors (Lipinski definition) is 6. The van der Waals surface area contributed by atoms with Crippen LogP contribution in [0, 0.1) is 0 Å². The SMILES string of the molecule is CCCN1CC(Oc2ccc(C(=O)c3c(-c4ccccc4Cl)noc3-c3cccc(O)c3)cc2)C1.Cl. The van der Waals surface area contributed by atoms with E-state index < -0.39 is 0 Å². The highest BCUT2D eigenvalue weighted by Crippen LogP contribution is 2.37. The number of phenolic OH excluding ortho intramolecular Hbond substituents is 1. The Kier molecular flexibility index (Phi) is 7.99. The number of carbonyl (C=O) groups excluding carboxylic acids is 1. The Balaban J connectivity index is 0.00000304. The van der Waals surface area contributed by atoms with Crippen molar-refractivity contribution >= 4 is 29.8 Å². The number of halogens is 2. The maximum Gasteiger partial charge on any atom is 0.199 e. The van der Waals surface area contributed by atoms with Crippen LogP contribution in [0.15, 0.2) is 77.3 Å². The average Bonchev–Trinajstić information content (AvgIpc) is 3.28. The van der Waals surface area contributed by atoms with Crippen molar-refractivity contribution in [3.05, 3.63) is 88.9 Å². The first-order valence-electron chi connectivity index (χ1n) is 11.6. The second kappa shape index (κ2) is 11.2. The minimum atomic E-state index is -0.260. The maximum atomic E-state index is 13.8. The molecule has 1 saturated heterocycles. The van der Waals surface area contributed by atoms with Crippen LogP contribution in [0.1, 0.15) is 29.3 Å². The predicted octanol–water partition coefficient (Wildman–Crippen LogP) is 6.49. The fourth-order valence-corrected chi connectivity index (χ4v) is 4.52. The summed E-state index contributed by atoms with van der Waals surface area (Å²) < 4.78 is 11.7. The van der Waals surface area contributed by atoms with Crippen LogP contribution in [0.2, 0.25) is 5.02 Å². The van der Waals surface area contributed by atoms with E-state index in [0.29, 0.717) is 27.4 Å². The summed E-state index contributed by atoms with van der Waals surface area (Å²) in [4.78, 5) is 16.1. The summed E-state index contributed by atoms with van der Waals surface area (Å²) in [5.74, 6) is 0.801. The Hall–Kier alpha value is -3.32. The standard InChI is InChI=1S/C28H25ClN2O4.ClH/c1-2-14-31-16-22(17-31)34-21-12-10-18(11-13-21)27(33)25-26(23-8-3-4-9-24(23)29)30-35-28(25)19-6-5-7-20(32)15-19;/h3-13,15,22,32H,2,14,16-17H2,1H3;1H. The topological polar surface area (TPSA) is 75.8 Å². The van der Waals surface area contributed by atoms with Crippen LogP contribution >= 0.6 is 24.0 Å². The van der Waals surface area contributed by atoms with Gasteiger partial charge in [-0.2, -0.15) is 0 Å². The molecule has 1 aliphatic rings. The molecule has 2 heterocycles. The molecule has 0 saturated carbocycles. The third-order valence-electron chi connectivity index (χ3n) is 6.04. The molecule has 0 amide bonds. The van der Waals surface area contributed by atoms with Gasteiger partial charge in [0.15, 0.2) is 11.5 Å². The van der Waals surface area contributed by atoms with Gasteiger partial charge >= 0.3 is 0 Å². The predicted molar refractivity (Wildman–Crippen MR) is 142 cm³/mol. The summed E-state index contributed by atoms with van der Waals surface area (Å²) in [5.41, 5.74) is 2.24. The normalized spacial score (nSPS) is 13.6. The molecule has 3 aromatic carbocycles.